The zero-order valence-corrected chi connectivity index (χ0v) is 12.5. The van der Waals surface area contributed by atoms with E-state index in [1.54, 1.807) is 12.4 Å². The fourth-order valence-corrected chi connectivity index (χ4v) is 2.37. The van der Waals surface area contributed by atoms with Crippen molar-refractivity contribution in [2.75, 3.05) is 25.5 Å². The molecule has 0 bridgehead atoms. The summed E-state index contributed by atoms with van der Waals surface area (Å²) in [5.41, 5.74) is 0.790. The molecule has 2 atom stereocenters. The topological polar surface area (TPSA) is 67.4 Å². The van der Waals surface area contributed by atoms with E-state index in [1.165, 1.54) is 0 Å². The number of likely N-dealkylation sites (N-methyl/N-ethyl adjacent to an activating group) is 1. The summed E-state index contributed by atoms with van der Waals surface area (Å²) < 4.78 is 5.69. The molecule has 6 nitrogen and oxygen atoms in total. The Morgan fingerprint density at radius 3 is 2.75 bits per heavy atom. The summed E-state index contributed by atoms with van der Waals surface area (Å²) in [6.07, 6.45) is 2.80. The highest BCUT2D eigenvalue weighted by molar-refractivity contribution is 5.94. The van der Waals surface area contributed by atoms with Gasteiger partial charge in [-0.3, -0.25) is 9.78 Å². The maximum atomic E-state index is 12.3. The van der Waals surface area contributed by atoms with Gasteiger partial charge < -0.3 is 15.0 Å². The molecule has 0 aromatic carbocycles. The molecule has 110 valence electrons. The zero-order chi connectivity index (χ0) is 14.7. The second-order valence-corrected chi connectivity index (χ2v) is 5.59. The second-order valence-electron chi connectivity index (χ2n) is 5.59. The van der Waals surface area contributed by atoms with Gasteiger partial charge in [-0.25, -0.2) is 4.98 Å². The summed E-state index contributed by atoms with van der Waals surface area (Å²) in [5.74, 6) is 0.565. The molecule has 0 unspecified atom stereocenters. The van der Waals surface area contributed by atoms with Crippen molar-refractivity contribution in [3.8, 4) is 0 Å². The van der Waals surface area contributed by atoms with Gasteiger partial charge in [-0.1, -0.05) is 13.8 Å². The normalized spacial score (nSPS) is 23.9. The van der Waals surface area contributed by atoms with Gasteiger partial charge in [0.05, 0.1) is 11.8 Å². The first-order valence-corrected chi connectivity index (χ1v) is 6.93. The number of aromatic nitrogens is 2. The fourth-order valence-electron chi connectivity index (χ4n) is 2.37. The highest BCUT2D eigenvalue weighted by Gasteiger charge is 2.29. The van der Waals surface area contributed by atoms with Crippen molar-refractivity contribution in [2.24, 2.45) is 0 Å². The number of hydrogen-bond acceptors (Lipinski definition) is 5. The predicted molar refractivity (Wildman–Crippen MR) is 76.6 cm³/mol. The Hall–Kier alpha value is -1.53. The van der Waals surface area contributed by atoms with Crippen LogP contribution in [0.5, 0.6) is 0 Å². The third-order valence-corrected chi connectivity index (χ3v) is 3.25. The lowest BCUT2D eigenvalue weighted by Gasteiger charge is -2.33. The van der Waals surface area contributed by atoms with Crippen LogP contribution >= 0.6 is 0 Å². The minimum Gasteiger partial charge on any atom is -0.363 e. The van der Waals surface area contributed by atoms with Gasteiger partial charge >= 0.3 is 0 Å². The van der Waals surface area contributed by atoms with Crippen molar-refractivity contribution in [3.63, 3.8) is 0 Å². The maximum Gasteiger partial charge on any atom is 0.256 e. The third kappa shape index (κ3) is 3.52. The molecule has 1 fully saturated rings. The molecular formula is C14H22N4O2. The van der Waals surface area contributed by atoms with Gasteiger partial charge in [0.25, 0.3) is 5.91 Å². The quantitative estimate of drug-likeness (QED) is 0.901. The molecule has 1 N–H and O–H groups in total. The van der Waals surface area contributed by atoms with E-state index in [1.807, 2.05) is 27.8 Å². The van der Waals surface area contributed by atoms with Crippen molar-refractivity contribution in [1.29, 1.82) is 0 Å². The number of hydrogen-bond donors (Lipinski definition) is 1. The smallest absolute Gasteiger partial charge is 0.256 e. The average Bonchev–Trinajstić information content (AvgIpc) is 2.37. The van der Waals surface area contributed by atoms with E-state index in [0.29, 0.717) is 12.4 Å². The number of ether oxygens (including phenoxy) is 1. The van der Waals surface area contributed by atoms with E-state index < -0.39 is 6.10 Å². The van der Waals surface area contributed by atoms with Crippen LogP contribution in [0.3, 0.4) is 0 Å². The minimum atomic E-state index is -0.467. The van der Waals surface area contributed by atoms with Gasteiger partial charge in [0, 0.05) is 25.5 Å². The van der Waals surface area contributed by atoms with E-state index in [9.17, 15) is 4.79 Å². The Kier molecular flexibility index (Phi) is 4.67. The van der Waals surface area contributed by atoms with Crippen molar-refractivity contribution in [3.05, 3.63) is 18.1 Å². The van der Waals surface area contributed by atoms with E-state index in [-0.39, 0.29) is 17.9 Å². The molecular weight excluding hydrogens is 256 g/mol. The molecule has 1 aromatic heterocycles. The largest absolute Gasteiger partial charge is 0.363 e. The van der Waals surface area contributed by atoms with Crippen LogP contribution in [0.15, 0.2) is 12.4 Å². The summed E-state index contributed by atoms with van der Waals surface area (Å²) in [7, 11) is 1.99. The van der Waals surface area contributed by atoms with Crippen molar-refractivity contribution < 1.29 is 9.53 Å². The molecule has 0 spiro atoms. The predicted octanol–water partition coefficient (Wildman–Crippen LogP) is 1.26. The average molecular weight is 278 g/mol. The summed E-state index contributed by atoms with van der Waals surface area (Å²) >= 11 is 0. The van der Waals surface area contributed by atoms with Gasteiger partial charge in [-0.2, -0.15) is 0 Å². The lowest BCUT2D eigenvalue weighted by molar-refractivity contribution is -0.139. The number of carbonyl (C=O) groups excluding carboxylic acids is 1. The van der Waals surface area contributed by atoms with Crippen molar-refractivity contribution in [2.45, 2.75) is 38.9 Å². The van der Waals surface area contributed by atoms with Gasteiger partial charge in [0.15, 0.2) is 5.82 Å². The van der Waals surface area contributed by atoms with Gasteiger partial charge in [0.1, 0.15) is 6.10 Å². The zero-order valence-electron chi connectivity index (χ0n) is 12.5. The highest BCUT2D eigenvalue weighted by Crippen LogP contribution is 2.19. The number of morpholine rings is 1. The first-order chi connectivity index (χ1) is 9.47. The molecule has 20 heavy (non-hydrogen) atoms. The number of carbonyl (C=O) groups is 1. The Bertz CT molecular complexity index is 468. The molecule has 1 aliphatic heterocycles. The lowest BCUT2D eigenvalue weighted by atomic mass is 10.1. The SMILES string of the molecule is CC(C)c1nccnc1NC(=O)[C@@H]1CN(C)C[C@H](C)O1. The molecule has 0 saturated carbocycles. The molecule has 2 heterocycles. The van der Waals surface area contributed by atoms with Gasteiger partial charge in [-0.15, -0.1) is 0 Å². The van der Waals surface area contributed by atoms with E-state index >= 15 is 0 Å². The highest BCUT2D eigenvalue weighted by atomic mass is 16.5. The van der Waals surface area contributed by atoms with Crippen LogP contribution in [0.1, 0.15) is 32.4 Å². The van der Waals surface area contributed by atoms with Crippen molar-refractivity contribution >= 4 is 11.7 Å². The molecule has 6 heteroatoms. The standard InChI is InChI=1S/C14H22N4O2/c1-9(2)12-13(16-6-5-15-12)17-14(19)11-8-18(4)7-10(3)20-11/h5-6,9-11H,7-8H2,1-4H3,(H,16,17,19)/t10-,11-/m0/s1. The Morgan fingerprint density at radius 2 is 2.10 bits per heavy atom. The maximum absolute atomic E-state index is 12.3. The molecule has 1 amide bonds. The summed E-state index contributed by atoms with van der Waals surface area (Å²) in [6, 6.07) is 0. The van der Waals surface area contributed by atoms with E-state index in [2.05, 4.69) is 20.2 Å². The molecule has 1 aromatic rings. The number of anilines is 1. The molecule has 1 saturated heterocycles. The van der Waals surface area contributed by atoms with Crippen LogP contribution in [0, 0.1) is 0 Å². The number of amides is 1. The minimum absolute atomic E-state index is 0.0518. The van der Waals surface area contributed by atoms with E-state index in [4.69, 9.17) is 4.74 Å². The molecule has 2 rings (SSSR count). The summed E-state index contributed by atoms with van der Waals surface area (Å²) in [6.45, 7) is 7.44. The van der Waals surface area contributed by atoms with Gasteiger partial charge in [0.2, 0.25) is 0 Å². The monoisotopic (exact) mass is 278 g/mol. The summed E-state index contributed by atoms with van der Waals surface area (Å²) in [4.78, 5) is 22.9. The van der Waals surface area contributed by atoms with Gasteiger partial charge in [-0.05, 0) is 19.9 Å². The van der Waals surface area contributed by atoms with E-state index in [0.717, 1.165) is 12.2 Å². The van der Waals surface area contributed by atoms with Crippen molar-refractivity contribution in [1.82, 2.24) is 14.9 Å². The van der Waals surface area contributed by atoms with Crippen LogP contribution < -0.4 is 5.32 Å². The fraction of sp³-hybridized carbons (Fsp3) is 0.643. The molecule has 1 aliphatic rings. The second kappa shape index (κ2) is 6.28. The van der Waals surface area contributed by atoms with Crippen LogP contribution in [0.4, 0.5) is 5.82 Å². The number of rotatable bonds is 3. The third-order valence-electron chi connectivity index (χ3n) is 3.25. The molecule has 0 aliphatic carbocycles. The number of nitrogens with one attached hydrogen (secondary N) is 1. The first-order valence-electron chi connectivity index (χ1n) is 6.93. The number of nitrogens with zero attached hydrogens (tertiary/aromatic N) is 3. The Balaban J connectivity index is 2.08. The summed E-state index contributed by atoms with van der Waals surface area (Å²) in [5, 5.41) is 2.84. The Morgan fingerprint density at radius 1 is 1.40 bits per heavy atom. The van der Waals surface area contributed by atoms with Crippen LogP contribution in [0.2, 0.25) is 0 Å². The first kappa shape index (κ1) is 14.9. The van der Waals surface area contributed by atoms with Crippen LogP contribution in [-0.4, -0.2) is 53.1 Å². The van der Waals surface area contributed by atoms with Crippen LogP contribution in [0.25, 0.3) is 0 Å². The lowest BCUT2D eigenvalue weighted by Crippen LogP contribution is -2.49. The Labute approximate surface area is 119 Å². The molecule has 0 radical (unpaired) electrons. The van der Waals surface area contributed by atoms with Crippen LogP contribution in [-0.2, 0) is 9.53 Å².